The maximum atomic E-state index is 5.84. The number of nitrogens with zero attached hydrogens (tertiary/aromatic N) is 1. The smallest absolute Gasteiger partial charge is 0.170 e. The van der Waals surface area contributed by atoms with Crippen LogP contribution < -0.4 is 15.2 Å². The molecule has 0 amide bonds. The van der Waals surface area contributed by atoms with Crippen LogP contribution in [0.25, 0.3) is 11.3 Å². The lowest BCUT2D eigenvalue weighted by Crippen LogP contribution is -1.95. The predicted octanol–water partition coefficient (Wildman–Crippen LogP) is 2.24. The molecule has 0 aliphatic heterocycles. The normalized spacial score (nSPS) is 10.4. The third-order valence-corrected chi connectivity index (χ3v) is 2.92. The van der Waals surface area contributed by atoms with Gasteiger partial charge in [-0.1, -0.05) is 13.0 Å². The van der Waals surface area contributed by atoms with Crippen LogP contribution in [-0.4, -0.2) is 24.4 Å². The summed E-state index contributed by atoms with van der Waals surface area (Å²) < 4.78 is 10.7. The first-order valence-corrected chi connectivity index (χ1v) is 5.77. The average Bonchev–Trinajstić information content (AvgIpc) is 2.78. The molecule has 0 saturated heterocycles. The van der Waals surface area contributed by atoms with Gasteiger partial charge >= 0.3 is 0 Å². The minimum atomic E-state index is 0.525. The van der Waals surface area contributed by atoms with E-state index in [0.29, 0.717) is 17.3 Å². The van der Waals surface area contributed by atoms with Crippen molar-refractivity contribution >= 4 is 5.82 Å². The molecule has 2 aromatic rings. The van der Waals surface area contributed by atoms with E-state index in [1.807, 2.05) is 25.1 Å². The lowest BCUT2D eigenvalue weighted by molar-refractivity contribution is 0.356. The van der Waals surface area contributed by atoms with Crippen molar-refractivity contribution in [3.8, 4) is 22.8 Å². The number of methoxy groups -OCH3 is 2. The third kappa shape index (κ3) is 1.88. The Morgan fingerprint density at radius 1 is 1.28 bits per heavy atom. The van der Waals surface area contributed by atoms with E-state index in [9.17, 15) is 0 Å². The molecular formula is C13H17N3O2. The first-order chi connectivity index (χ1) is 8.72. The highest BCUT2D eigenvalue weighted by atomic mass is 16.5. The van der Waals surface area contributed by atoms with Crippen molar-refractivity contribution in [2.75, 3.05) is 20.0 Å². The van der Waals surface area contributed by atoms with Crippen molar-refractivity contribution in [3.63, 3.8) is 0 Å². The fraction of sp³-hybridized carbons (Fsp3) is 0.308. The van der Waals surface area contributed by atoms with Crippen molar-refractivity contribution in [1.82, 2.24) is 10.2 Å². The summed E-state index contributed by atoms with van der Waals surface area (Å²) in [5.41, 5.74) is 8.61. The van der Waals surface area contributed by atoms with Gasteiger partial charge in [-0.25, -0.2) is 0 Å². The minimum Gasteiger partial charge on any atom is -0.493 e. The Morgan fingerprint density at radius 2 is 2.06 bits per heavy atom. The number of aromatic nitrogens is 2. The summed E-state index contributed by atoms with van der Waals surface area (Å²) in [5, 5.41) is 7.01. The molecule has 0 bridgehead atoms. The summed E-state index contributed by atoms with van der Waals surface area (Å²) in [4.78, 5) is 0. The Kier molecular flexibility index (Phi) is 3.41. The molecule has 0 atom stereocenters. The van der Waals surface area contributed by atoms with Gasteiger partial charge in [0.05, 0.1) is 19.9 Å². The first kappa shape index (κ1) is 12.3. The molecule has 1 aromatic heterocycles. The molecule has 0 radical (unpaired) electrons. The van der Waals surface area contributed by atoms with Crippen LogP contribution in [0, 0.1) is 0 Å². The van der Waals surface area contributed by atoms with E-state index < -0.39 is 0 Å². The number of ether oxygens (including phenoxy) is 2. The molecule has 0 aliphatic rings. The average molecular weight is 247 g/mol. The topological polar surface area (TPSA) is 73.2 Å². The number of anilines is 1. The van der Waals surface area contributed by atoms with E-state index >= 15 is 0 Å². The molecule has 1 aromatic carbocycles. The van der Waals surface area contributed by atoms with Crippen LogP contribution in [0.15, 0.2) is 18.2 Å². The van der Waals surface area contributed by atoms with Crippen LogP contribution >= 0.6 is 0 Å². The molecular weight excluding hydrogens is 230 g/mol. The van der Waals surface area contributed by atoms with E-state index in [1.165, 1.54) is 0 Å². The molecule has 5 nitrogen and oxygen atoms in total. The Hall–Kier alpha value is -2.17. The third-order valence-electron chi connectivity index (χ3n) is 2.92. The largest absolute Gasteiger partial charge is 0.493 e. The molecule has 1 heterocycles. The zero-order valence-corrected chi connectivity index (χ0v) is 10.8. The van der Waals surface area contributed by atoms with Crippen LogP contribution in [-0.2, 0) is 6.42 Å². The highest BCUT2D eigenvalue weighted by Crippen LogP contribution is 2.39. The van der Waals surface area contributed by atoms with Gasteiger partial charge in [-0.2, -0.15) is 5.10 Å². The van der Waals surface area contributed by atoms with E-state index in [4.69, 9.17) is 15.2 Å². The van der Waals surface area contributed by atoms with Crippen molar-refractivity contribution in [3.05, 3.63) is 23.8 Å². The summed E-state index contributed by atoms with van der Waals surface area (Å²) in [6.07, 6.45) is 0.804. The summed E-state index contributed by atoms with van der Waals surface area (Å²) in [5.74, 6) is 1.89. The SMILES string of the molecule is CCc1c(N)n[nH]c1-c1cccc(OC)c1OC. The predicted molar refractivity (Wildman–Crippen MR) is 70.9 cm³/mol. The highest BCUT2D eigenvalue weighted by molar-refractivity contribution is 5.76. The van der Waals surface area contributed by atoms with Gasteiger partial charge in [0.15, 0.2) is 11.5 Å². The zero-order valence-electron chi connectivity index (χ0n) is 10.8. The Labute approximate surface area is 106 Å². The van der Waals surface area contributed by atoms with E-state index in [-0.39, 0.29) is 0 Å². The van der Waals surface area contributed by atoms with Crippen LogP contribution in [0.5, 0.6) is 11.5 Å². The summed E-state index contributed by atoms with van der Waals surface area (Å²) in [6, 6.07) is 5.72. The number of para-hydroxylation sites is 1. The summed E-state index contributed by atoms with van der Waals surface area (Å²) in [7, 11) is 3.23. The molecule has 0 aliphatic carbocycles. The number of rotatable bonds is 4. The molecule has 0 fully saturated rings. The summed E-state index contributed by atoms with van der Waals surface area (Å²) >= 11 is 0. The first-order valence-electron chi connectivity index (χ1n) is 5.77. The second-order valence-corrected chi connectivity index (χ2v) is 3.86. The van der Waals surface area contributed by atoms with Gasteiger partial charge in [-0.3, -0.25) is 5.10 Å². The number of hydrogen-bond acceptors (Lipinski definition) is 4. The lowest BCUT2D eigenvalue weighted by Gasteiger charge is -2.12. The number of benzene rings is 1. The van der Waals surface area contributed by atoms with Gasteiger partial charge < -0.3 is 15.2 Å². The van der Waals surface area contributed by atoms with Crippen LogP contribution in [0.2, 0.25) is 0 Å². The van der Waals surface area contributed by atoms with Crippen molar-refractivity contribution in [2.45, 2.75) is 13.3 Å². The van der Waals surface area contributed by atoms with Crippen LogP contribution in [0.1, 0.15) is 12.5 Å². The van der Waals surface area contributed by atoms with Gasteiger partial charge in [-0.15, -0.1) is 0 Å². The van der Waals surface area contributed by atoms with Gasteiger partial charge in [0, 0.05) is 11.1 Å². The maximum Gasteiger partial charge on any atom is 0.170 e. The van der Waals surface area contributed by atoms with Gasteiger partial charge in [-0.05, 0) is 18.6 Å². The molecule has 2 rings (SSSR count). The maximum absolute atomic E-state index is 5.84. The van der Waals surface area contributed by atoms with Gasteiger partial charge in [0.25, 0.3) is 0 Å². The second-order valence-electron chi connectivity index (χ2n) is 3.86. The molecule has 3 N–H and O–H groups in total. The molecule has 0 saturated carbocycles. The monoisotopic (exact) mass is 247 g/mol. The van der Waals surface area contributed by atoms with E-state index in [2.05, 4.69) is 10.2 Å². The van der Waals surface area contributed by atoms with Crippen molar-refractivity contribution in [2.24, 2.45) is 0 Å². The van der Waals surface area contributed by atoms with Crippen molar-refractivity contribution < 1.29 is 9.47 Å². The number of H-pyrrole nitrogens is 1. The standard InChI is InChI=1S/C13H17N3O2/c1-4-8-11(15-16-13(8)14)9-6-5-7-10(17-2)12(9)18-3/h5-7H,4H2,1-3H3,(H3,14,15,16). The fourth-order valence-electron chi connectivity index (χ4n) is 2.04. The Balaban J connectivity index is 2.63. The Bertz CT molecular complexity index is 549. The number of aromatic amines is 1. The molecule has 0 spiro atoms. The number of hydrogen-bond donors (Lipinski definition) is 2. The number of nitrogen functional groups attached to an aromatic ring is 1. The highest BCUT2D eigenvalue weighted by Gasteiger charge is 2.17. The van der Waals surface area contributed by atoms with Crippen LogP contribution in [0.3, 0.4) is 0 Å². The van der Waals surface area contributed by atoms with E-state index in [0.717, 1.165) is 23.2 Å². The zero-order chi connectivity index (χ0) is 13.1. The molecule has 96 valence electrons. The van der Waals surface area contributed by atoms with Crippen LogP contribution in [0.4, 0.5) is 5.82 Å². The Morgan fingerprint density at radius 3 is 2.67 bits per heavy atom. The number of nitrogens with two attached hydrogens (primary N) is 1. The fourth-order valence-corrected chi connectivity index (χ4v) is 2.04. The minimum absolute atomic E-state index is 0.525. The number of nitrogens with one attached hydrogen (secondary N) is 1. The summed E-state index contributed by atoms with van der Waals surface area (Å²) in [6.45, 7) is 2.04. The molecule has 5 heteroatoms. The van der Waals surface area contributed by atoms with E-state index in [1.54, 1.807) is 14.2 Å². The van der Waals surface area contributed by atoms with Crippen molar-refractivity contribution in [1.29, 1.82) is 0 Å². The van der Waals surface area contributed by atoms with Gasteiger partial charge in [0.2, 0.25) is 0 Å². The lowest BCUT2D eigenvalue weighted by atomic mass is 10.0. The second kappa shape index (κ2) is 5.00. The quantitative estimate of drug-likeness (QED) is 0.869. The molecule has 0 unspecified atom stereocenters. The van der Waals surface area contributed by atoms with Gasteiger partial charge in [0.1, 0.15) is 5.82 Å². The molecule has 18 heavy (non-hydrogen) atoms.